The summed E-state index contributed by atoms with van der Waals surface area (Å²) >= 11 is 0. The van der Waals surface area contributed by atoms with E-state index in [1.807, 2.05) is 24.3 Å². The Kier molecular flexibility index (Phi) is 5.16. The molecule has 0 fully saturated rings. The first-order chi connectivity index (χ1) is 12.7. The lowest BCUT2D eigenvalue weighted by atomic mass is 10.0. The fourth-order valence-electron chi connectivity index (χ4n) is 3.47. The summed E-state index contributed by atoms with van der Waals surface area (Å²) in [6.45, 7) is 0. The Balaban J connectivity index is 2.69. The Bertz CT molecular complexity index is 974. The molecule has 3 rings (SSSR count). The molecule has 0 heterocycles. The van der Waals surface area contributed by atoms with Crippen LogP contribution in [0.25, 0.3) is 16.5 Å². The number of benzene rings is 1. The molecule has 2 aromatic carbocycles. The van der Waals surface area contributed by atoms with E-state index in [0.717, 1.165) is 21.9 Å². The molecule has 2 aromatic rings. The van der Waals surface area contributed by atoms with Crippen LogP contribution in [0.3, 0.4) is 0 Å². The minimum atomic E-state index is 0.569. The molecule has 0 spiro atoms. The van der Waals surface area contributed by atoms with Gasteiger partial charge in [-0.1, -0.05) is 30.3 Å². The maximum Gasteiger partial charge on any atom is 0.187 e. The van der Waals surface area contributed by atoms with Crippen LogP contribution in [0.4, 0.5) is 0 Å². The summed E-state index contributed by atoms with van der Waals surface area (Å²) in [5, 5.41) is 2.69. The van der Waals surface area contributed by atoms with Crippen molar-refractivity contribution in [2.75, 3.05) is 35.5 Å². The Morgan fingerprint density at radius 1 is 0.846 bits per heavy atom. The van der Waals surface area contributed by atoms with Crippen molar-refractivity contribution in [2.45, 2.75) is 6.42 Å². The van der Waals surface area contributed by atoms with Crippen molar-refractivity contribution in [3.8, 4) is 11.5 Å². The third-order valence-electron chi connectivity index (χ3n) is 4.55. The van der Waals surface area contributed by atoms with E-state index in [-0.39, 0.29) is 0 Å². The van der Waals surface area contributed by atoms with Crippen molar-refractivity contribution in [3.05, 3.63) is 58.7 Å². The predicted octanol–water partition coefficient (Wildman–Crippen LogP) is 3.46. The highest BCUT2D eigenvalue weighted by Gasteiger charge is 2.24. The molecule has 0 aromatic heterocycles. The lowest BCUT2D eigenvalue weighted by Crippen LogP contribution is -2.15. The van der Waals surface area contributed by atoms with Gasteiger partial charge in [-0.25, -0.2) is 0 Å². The molecule has 1 aliphatic rings. The molecular weight excluding hydrogens is 330 g/mol. The fraction of sp³-hybridized carbons (Fsp3) is 0.286. The molecule has 0 saturated heterocycles. The lowest BCUT2D eigenvalue weighted by molar-refractivity contribution is 0.279. The highest BCUT2D eigenvalue weighted by molar-refractivity contribution is 5.95. The summed E-state index contributed by atoms with van der Waals surface area (Å²) in [7, 11) is 8.26. The van der Waals surface area contributed by atoms with E-state index >= 15 is 0 Å². The number of fused-ring (bicyclic) bond motifs is 3. The largest absolute Gasteiger partial charge is 0.493 e. The van der Waals surface area contributed by atoms with E-state index in [1.54, 1.807) is 35.5 Å². The third kappa shape index (κ3) is 2.69. The maximum atomic E-state index is 5.75. The van der Waals surface area contributed by atoms with Crippen LogP contribution in [0.5, 0.6) is 11.5 Å². The van der Waals surface area contributed by atoms with Gasteiger partial charge >= 0.3 is 0 Å². The summed E-state index contributed by atoms with van der Waals surface area (Å²) < 4.78 is 22.8. The molecule has 26 heavy (non-hydrogen) atoms. The van der Waals surface area contributed by atoms with Gasteiger partial charge in [0.1, 0.15) is 5.36 Å². The minimum Gasteiger partial charge on any atom is -0.493 e. The lowest BCUT2D eigenvalue weighted by Gasteiger charge is -2.12. The van der Waals surface area contributed by atoms with Gasteiger partial charge in [0.25, 0.3) is 0 Å². The second kappa shape index (κ2) is 7.52. The molecule has 0 amide bonds. The number of methoxy groups -OCH3 is 4. The average Bonchev–Trinajstić information content (AvgIpc) is 2.93. The zero-order valence-corrected chi connectivity index (χ0v) is 15.8. The molecule has 0 radical (unpaired) electrons. The average molecular weight is 353 g/mol. The molecule has 136 valence electrons. The first-order valence-electron chi connectivity index (χ1n) is 8.33. The first kappa shape index (κ1) is 17.9. The monoisotopic (exact) mass is 353 g/mol. The Labute approximate surface area is 153 Å². The summed E-state index contributed by atoms with van der Waals surface area (Å²) in [5.74, 6) is 2.49. The quantitative estimate of drug-likeness (QED) is 0.845. The highest BCUT2D eigenvalue weighted by Crippen LogP contribution is 2.38. The van der Waals surface area contributed by atoms with Crippen molar-refractivity contribution in [1.29, 1.82) is 0 Å². The van der Waals surface area contributed by atoms with Crippen molar-refractivity contribution in [1.82, 2.24) is 0 Å². The second-order valence-electron chi connectivity index (χ2n) is 5.75. The van der Waals surface area contributed by atoms with Crippen LogP contribution in [0, 0.1) is 0 Å². The van der Waals surface area contributed by atoms with E-state index in [1.165, 1.54) is 0 Å². The zero-order chi connectivity index (χ0) is 18.7. The zero-order valence-electron chi connectivity index (χ0n) is 15.8. The molecule has 0 saturated carbocycles. The van der Waals surface area contributed by atoms with E-state index in [0.29, 0.717) is 34.8 Å². The molecule has 0 bridgehead atoms. The van der Waals surface area contributed by atoms with Crippen LogP contribution in [0.2, 0.25) is 0 Å². The SMILES string of the molecule is CN=c1c(OC)c(OC)c2ccccc2c2c1C(OC)=C(OC)C=CC2. The normalized spacial score (nSPS) is 14.1. The Hall–Kier alpha value is -2.95. The molecule has 0 unspecified atom stereocenters. The highest BCUT2D eigenvalue weighted by atomic mass is 16.5. The first-order valence-corrected chi connectivity index (χ1v) is 8.33. The standard InChI is InChI=1S/C21H23NO4/c1-22-18-17-14(11-8-12-16(23-2)20(17)25-4)13-9-6-7-10-15(13)19(24-3)21(18)26-5/h6-10,12H,11H2,1-5H3. The second-order valence-corrected chi connectivity index (χ2v) is 5.75. The van der Waals surface area contributed by atoms with Gasteiger partial charge in [0.05, 0.1) is 34.0 Å². The van der Waals surface area contributed by atoms with Gasteiger partial charge in [-0.05, 0) is 23.4 Å². The van der Waals surface area contributed by atoms with Gasteiger partial charge in [-0.3, -0.25) is 4.99 Å². The van der Waals surface area contributed by atoms with Gasteiger partial charge in [0.15, 0.2) is 23.0 Å². The summed E-state index contributed by atoms with van der Waals surface area (Å²) in [6, 6.07) is 8.10. The molecular formula is C21H23NO4. The number of ether oxygens (including phenoxy) is 4. The van der Waals surface area contributed by atoms with E-state index in [9.17, 15) is 0 Å². The van der Waals surface area contributed by atoms with Crippen molar-refractivity contribution < 1.29 is 18.9 Å². The molecule has 0 aliphatic heterocycles. The van der Waals surface area contributed by atoms with Crippen LogP contribution in [-0.4, -0.2) is 35.5 Å². The van der Waals surface area contributed by atoms with Crippen molar-refractivity contribution in [2.24, 2.45) is 4.99 Å². The van der Waals surface area contributed by atoms with E-state index in [2.05, 4.69) is 17.1 Å². The van der Waals surface area contributed by atoms with Crippen molar-refractivity contribution >= 4 is 16.5 Å². The van der Waals surface area contributed by atoms with Crippen molar-refractivity contribution in [3.63, 3.8) is 0 Å². The van der Waals surface area contributed by atoms with Crippen LogP contribution in [0.15, 0.2) is 47.2 Å². The van der Waals surface area contributed by atoms with E-state index in [4.69, 9.17) is 18.9 Å². The summed E-state index contributed by atoms with van der Waals surface area (Å²) in [4.78, 5) is 4.53. The van der Waals surface area contributed by atoms with Crippen LogP contribution >= 0.6 is 0 Å². The predicted molar refractivity (Wildman–Crippen MR) is 102 cm³/mol. The molecule has 5 nitrogen and oxygen atoms in total. The number of hydrogen-bond donors (Lipinski definition) is 0. The van der Waals surface area contributed by atoms with Gasteiger partial charge in [0.2, 0.25) is 0 Å². The van der Waals surface area contributed by atoms with Gasteiger partial charge in [-0.15, -0.1) is 0 Å². The smallest absolute Gasteiger partial charge is 0.187 e. The Morgan fingerprint density at radius 3 is 2.12 bits per heavy atom. The van der Waals surface area contributed by atoms with Crippen LogP contribution in [-0.2, 0) is 15.9 Å². The van der Waals surface area contributed by atoms with Gasteiger partial charge < -0.3 is 18.9 Å². The molecule has 0 N–H and O–H groups in total. The topological polar surface area (TPSA) is 49.3 Å². The fourth-order valence-corrected chi connectivity index (χ4v) is 3.47. The number of nitrogens with zero attached hydrogens (tertiary/aromatic N) is 1. The van der Waals surface area contributed by atoms with Gasteiger partial charge in [0, 0.05) is 12.4 Å². The van der Waals surface area contributed by atoms with Crippen LogP contribution < -0.4 is 14.8 Å². The Morgan fingerprint density at radius 2 is 1.54 bits per heavy atom. The number of rotatable bonds is 4. The number of allylic oxidation sites excluding steroid dienone is 2. The summed E-state index contributed by atoms with van der Waals surface area (Å²) in [6.07, 6.45) is 4.70. The maximum absolute atomic E-state index is 5.75. The molecule has 5 heteroatoms. The van der Waals surface area contributed by atoms with E-state index < -0.39 is 0 Å². The molecule has 0 atom stereocenters. The van der Waals surface area contributed by atoms with Crippen LogP contribution in [0.1, 0.15) is 11.1 Å². The van der Waals surface area contributed by atoms with Gasteiger partial charge in [-0.2, -0.15) is 0 Å². The molecule has 1 aliphatic carbocycles. The number of hydrogen-bond acceptors (Lipinski definition) is 5. The summed E-state index contributed by atoms with van der Waals surface area (Å²) in [5.41, 5.74) is 1.94. The third-order valence-corrected chi connectivity index (χ3v) is 4.55. The minimum absolute atomic E-state index is 0.569.